The van der Waals surface area contributed by atoms with Gasteiger partial charge in [0.1, 0.15) is 5.75 Å². The van der Waals surface area contributed by atoms with Crippen molar-refractivity contribution < 1.29 is 9.53 Å². The molecule has 1 aliphatic rings. The van der Waals surface area contributed by atoms with Gasteiger partial charge in [-0.15, -0.1) is 0 Å². The lowest BCUT2D eigenvalue weighted by Crippen LogP contribution is -2.24. The maximum atomic E-state index is 11.7. The SMILES string of the molecule is O=C(COc1ccccc1Cl)NN=Cc1ccc(N2CCCC2)cc1. The normalized spacial score (nSPS) is 14.0. The highest BCUT2D eigenvalue weighted by atomic mass is 35.5. The number of nitrogens with zero attached hydrogens (tertiary/aromatic N) is 2. The van der Waals surface area contributed by atoms with E-state index in [1.54, 1.807) is 30.5 Å². The lowest BCUT2D eigenvalue weighted by Gasteiger charge is -2.17. The van der Waals surface area contributed by atoms with Gasteiger partial charge in [-0.2, -0.15) is 5.10 Å². The van der Waals surface area contributed by atoms with Crippen molar-refractivity contribution in [2.24, 2.45) is 5.10 Å². The van der Waals surface area contributed by atoms with Crippen LogP contribution in [0.3, 0.4) is 0 Å². The Morgan fingerprint density at radius 1 is 1.16 bits per heavy atom. The minimum Gasteiger partial charge on any atom is -0.482 e. The molecule has 1 heterocycles. The molecule has 0 spiro atoms. The zero-order valence-electron chi connectivity index (χ0n) is 13.8. The molecule has 6 heteroatoms. The Kier molecular flexibility index (Phi) is 5.90. The first kappa shape index (κ1) is 17.3. The molecular formula is C19H20ClN3O2. The number of benzene rings is 2. The van der Waals surface area contributed by atoms with Gasteiger partial charge in [0.2, 0.25) is 0 Å². The van der Waals surface area contributed by atoms with Crippen molar-refractivity contribution in [1.29, 1.82) is 0 Å². The summed E-state index contributed by atoms with van der Waals surface area (Å²) >= 11 is 5.96. The topological polar surface area (TPSA) is 53.9 Å². The molecule has 0 aliphatic carbocycles. The van der Waals surface area contributed by atoms with Crippen LogP contribution in [0.4, 0.5) is 5.69 Å². The van der Waals surface area contributed by atoms with Crippen molar-refractivity contribution in [3.05, 3.63) is 59.1 Å². The summed E-state index contributed by atoms with van der Waals surface area (Å²) in [5, 5.41) is 4.42. The number of para-hydroxylation sites is 1. The second kappa shape index (κ2) is 8.53. The molecule has 0 aromatic heterocycles. The Morgan fingerprint density at radius 2 is 1.88 bits per heavy atom. The van der Waals surface area contributed by atoms with Crippen molar-refractivity contribution in [3.8, 4) is 5.75 Å². The second-order valence-corrected chi connectivity index (χ2v) is 6.21. The smallest absolute Gasteiger partial charge is 0.277 e. The zero-order valence-corrected chi connectivity index (χ0v) is 14.6. The van der Waals surface area contributed by atoms with E-state index >= 15 is 0 Å². The Hall–Kier alpha value is -2.53. The number of hydrogen-bond acceptors (Lipinski definition) is 4. The highest BCUT2D eigenvalue weighted by Crippen LogP contribution is 2.23. The number of carbonyl (C=O) groups is 1. The largest absolute Gasteiger partial charge is 0.482 e. The number of carbonyl (C=O) groups excluding carboxylic acids is 1. The lowest BCUT2D eigenvalue weighted by atomic mass is 10.2. The third kappa shape index (κ3) is 4.97. The number of amides is 1. The van der Waals surface area contributed by atoms with E-state index in [0.717, 1.165) is 18.7 Å². The molecule has 2 aromatic carbocycles. The molecular weight excluding hydrogens is 338 g/mol. The van der Waals surface area contributed by atoms with E-state index in [4.69, 9.17) is 16.3 Å². The fourth-order valence-electron chi connectivity index (χ4n) is 2.66. The van der Waals surface area contributed by atoms with Gasteiger partial charge in [-0.3, -0.25) is 4.79 Å². The number of anilines is 1. The summed E-state index contributed by atoms with van der Waals surface area (Å²) in [5.41, 5.74) is 4.60. The lowest BCUT2D eigenvalue weighted by molar-refractivity contribution is -0.123. The first-order chi connectivity index (χ1) is 12.2. The fourth-order valence-corrected chi connectivity index (χ4v) is 2.85. The van der Waals surface area contributed by atoms with Crippen LogP contribution in [-0.2, 0) is 4.79 Å². The zero-order chi connectivity index (χ0) is 17.5. The van der Waals surface area contributed by atoms with E-state index in [1.807, 2.05) is 12.1 Å². The molecule has 0 radical (unpaired) electrons. The van der Waals surface area contributed by atoms with Gasteiger partial charge in [-0.05, 0) is 42.7 Å². The highest BCUT2D eigenvalue weighted by molar-refractivity contribution is 6.32. The number of ether oxygens (including phenoxy) is 1. The molecule has 3 rings (SSSR count). The molecule has 1 N–H and O–H groups in total. The summed E-state index contributed by atoms with van der Waals surface area (Å²) in [6, 6.07) is 15.1. The minimum absolute atomic E-state index is 0.144. The van der Waals surface area contributed by atoms with E-state index in [0.29, 0.717) is 10.8 Å². The third-order valence-corrected chi connectivity index (χ3v) is 4.27. The van der Waals surface area contributed by atoms with E-state index < -0.39 is 0 Å². The molecule has 0 bridgehead atoms. The van der Waals surface area contributed by atoms with Crippen LogP contribution in [0.25, 0.3) is 0 Å². The summed E-state index contributed by atoms with van der Waals surface area (Å²) in [5.74, 6) is 0.130. The molecule has 25 heavy (non-hydrogen) atoms. The van der Waals surface area contributed by atoms with Crippen LogP contribution in [0.2, 0.25) is 5.02 Å². The van der Waals surface area contributed by atoms with Gasteiger partial charge in [0.15, 0.2) is 6.61 Å². The van der Waals surface area contributed by atoms with Crippen molar-refractivity contribution >= 4 is 29.4 Å². The number of halogens is 1. The van der Waals surface area contributed by atoms with Crippen LogP contribution in [-0.4, -0.2) is 31.8 Å². The molecule has 1 fully saturated rings. The number of hydrazone groups is 1. The standard InChI is InChI=1S/C19H20ClN3O2/c20-17-5-1-2-6-18(17)25-14-19(24)22-21-13-15-7-9-16(10-8-15)23-11-3-4-12-23/h1-2,5-10,13H,3-4,11-12,14H2,(H,22,24). The van der Waals surface area contributed by atoms with Crippen molar-refractivity contribution in [1.82, 2.24) is 5.43 Å². The Morgan fingerprint density at radius 3 is 2.60 bits per heavy atom. The van der Waals surface area contributed by atoms with E-state index in [1.165, 1.54) is 18.5 Å². The van der Waals surface area contributed by atoms with Crippen LogP contribution in [0.5, 0.6) is 5.75 Å². The molecule has 0 saturated carbocycles. The van der Waals surface area contributed by atoms with Gasteiger partial charge in [0, 0.05) is 18.8 Å². The molecule has 0 unspecified atom stereocenters. The van der Waals surface area contributed by atoms with E-state index in [2.05, 4.69) is 27.6 Å². The number of rotatable bonds is 6. The van der Waals surface area contributed by atoms with Crippen molar-refractivity contribution in [3.63, 3.8) is 0 Å². The monoisotopic (exact) mass is 357 g/mol. The van der Waals surface area contributed by atoms with Crippen molar-refractivity contribution in [2.75, 3.05) is 24.6 Å². The van der Waals surface area contributed by atoms with Gasteiger partial charge in [-0.1, -0.05) is 35.9 Å². The van der Waals surface area contributed by atoms with Gasteiger partial charge in [0.05, 0.1) is 11.2 Å². The Balaban J connectivity index is 1.45. The van der Waals surface area contributed by atoms with E-state index in [9.17, 15) is 4.79 Å². The summed E-state index contributed by atoms with van der Waals surface area (Å²) in [4.78, 5) is 14.1. The Bertz CT molecular complexity index is 741. The summed E-state index contributed by atoms with van der Waals surface area (Å²) in [6.07, 6.45) is 4.12. The maximum absolute atomic E-state index is 11.7. The molecule has 1 aliphatic heterocycles. The van der Waals surface area contributed by atoms with Crippen LogP contribution in [0, 0.1) is 0 Å². The molecule has 130 valence electrons. The Labute approximate surface area is 152 Å². The average Bonchev–Trinajstić information content (AvgIpc) is 3.16. The summed E-state index contributed by atoms with van der Waals surface area (Å²) in [7, 11) is 0. The highest BCUT2D eigenvalue weighted by Gasteiger charge is 2.11. The molecule has 0 atom stereocenters. The predicted molar refractivity (Wildman–Crippen MR) is 101 cm³/mol. The predicted octanol–water partition coefficient (Wildman–Crippen LogP) is 3.47. The van der Waals surface area contributed by atoms with Gasteiger partial charge in [0.25, 0.3) is 5.91 Å². The van der Waals surface area contributed by atoms with E-state index in [-0.39, 0.29) is 12.5 Å². The molecule has 5 nitrogen and oxygen atoms in total. The minimum atomic E-state index is -0.343. The molecule has 1 saturated heterocycles. The van der Waals surface area contributed by atoms with Crippen molar-refractivity contribution in [2.45, 2.75) is 12.8 Å². The maximum Gasteiger partial charge on any atom is 0.277 e. The second-order valence-electron chi connectivity index (χ2n) is 5.80. The van der Waals surface area contributed by atoms with Crippen LogP contribution >= 0.6 is 11.6 Å². The summed E-state index contributed by atoms with van der Waals surface area (Å²) in [6.45, 7) is 2.10. The van der Waals surface area contributed by atoms with Crippen LogP contribution in [0.15, 0.2) is 53.6 Å². The quantitative estimate of drug-likeness (QED) is 0.636. The first-order valence-electron chi connectivity index (χ1n) is 8.26. The molecule has 2 aromatic rings. The van der Waals surface area contributed by atoms with Gasteiger partial charge < -0.3 is 9.64 Å². The first-order valence-corrected chi connectivity index (χ1v) is 8.64. The third-order valence-electron chi connectivity index (χ3n) is 3.96. The summed E-state index contributed by atoms with van der Waals surface area (Å²) < 4.78 is 5.35. The van der Waals surface area contributed by atoms with Crippen LogP contribution < -0.4 is 15.1 Å². The van der Waals surface area contributed by atoms with Gasteiger partial charge >= 0.3 is 0 Å². The molecule has 1 amide bonds. The number of nitrogens with one attached hydrogen (secondary N) is 1. The van der Waals surface area contributed by atoms with Crippen LogP contribution in [0.1, 0.15) is 18.4 Å². The average molecular weight is 358 g/mol. The van der Waals surface area contributed by atoms with Gasteiger partial charge in [-0.25, -0.2) is 5.43 Å². The fraction of sp³-hybridized carbons (Fsp3) is 0.263. The number of hydrogen-bond donors (Lipinski definition) is 1.